The standard InChI is InChI=1S/C12H15F2NS/c1-8-6-9(7-8)15-10-4-2-3-5-11(10)16-12(13)14/h2-5,8-9,12,15H,6-7H2,1H3. The zero-order valence-electron chi connectivity index (χ0n) is 9.12. The Morgan fingerprint density at radius 3 is 2.62 bits per heavy atom. The molecule has 0 bridgehead atoms. The number of hydrogen-bond acceptors (Lipinski definition) is 2. The van der Waals surface area contributed by atoms with Gasteiger partial charge in [0.25, 0.3) is 5.76 Å². The van der Waals surface area contributed by atoms with Gasteiger partial charge in [-0.1, -0.05) is 30.8 Å². The minimum Gasteiger partial charge on any atom is -0.381 e. The van der Waals surface area contributed by atoms with E-state index in [1.54, 1.807) is 12.1 Å². The van der Waals surface area contributed by atoms with Gasteiger partial charge in [0.05, 0.1) is 0 Å². The number of nitrogens with one attached hydrogen (secondary N) is 1. The topological polar surface area (TPSA) is 12.0 Å². The summed E-state index contributed by atoms with van der Waals surface area (Å²) in [6, 6.07) is 7.73. The predicted molar refractivity (Wildman–Crippen MR) is 64.1 cm³/mol. The van der Waals surface area contributed by atoms with E-state index in [4.69, 9.17) is 0 Å². The van der Waals surface area contributed by atoms with E-state index in [9.17, 15) is 8.78 Å². The highest BCUT2D eigenvalue weighted by atomic mass is 32.2. The Labute approximate surface area is 98.6 Å². The summed E-state index contributed by atoms with van der Waals surface area (Å²) in [4.78, 5) is 0.636. The van der Waals surface area contributed by atoms with Crippen LogP contribution in [-0.4, -0.2) is 11.8 Å². The van der Waals surface area contributed by atoms with Gasteiger partial charge in [-0.15, -0.1) is 0 Å². The van der Waals surface area contributed by atoms with Gasteiger partial charge in [0.1, 0.15) is 0 Å². The molecule has 0 radical (unpaired) electrons. The van der Waals surface area contributed by atoms with Crippen molar-refractivity contribution in [1.82, 2.24) is 0 Å². The van der Waals surface area contributed by atoms with Crippen molar-refractivity contribution in [3.05, 3.63) is 24.3 Å². The fourth-order valence-corrected chi connectivity index (χ4v) is 2.63. The summed E-state index contributed by atoms with van der Waals surface area (Å²) in [7, 11) is 0. The van der Waals surface area contributed by atoms with Gasteiger partial charge in [0.15, 0.2) is 0 Å². The minimum absolute atomic E-state index is 0.453. The molecule has 0 heterocycles. The lowest BCUT2D eigenvalue weighted by molar-refractivity contribution is 0.252. The Morgan fingerprint density at radius 1 is 1.31 bits per heavy atom. The van der Waals surface area contributed by atoms with Crippen LogP contribution in [0.5, 0.6) is 0 Å². The van der Waals surface area contributed by atoms with E-state index < -0.39 is 5.76 Å². The molecule has 1 aromatic rings. The van der Waals surface area contributed by atoms with Crippen LogP contribution < -0.4 is 5.32 Å². The van der Waals surface area contributed by atoms with E-state index in [2.05, 4.69) is 12.2 Å². The molecule has 1 aliphatic rings. The molecule has 16 heavy (non-hydrogen) atoms. The monoisotopic (exact) mass is 243 g/mol. The molecule has 1 saturated carbocycles. The summed E-state index contributed by atoms with van der Waals surface area (Å²) in [5, 5.41) is 3.33. The summed E-state index contributed by atoms with van der Waals surface area (Å²) < 4.78 is 24.7. The average Bonchev–Trinajstić information content (AvgIpc) is 2.17. The van der Waals surface area contributed by atoms with Gasteiger partial charge in [-0.2, -0.15) is 8.78 Å². The maximum atomic E-state index is 12.3. The third-order valence-corrected chi connectivity index (χ3v) is 3.62. The van der Waals surface area contributed by atoms with Crippen molar-refractivity contribution < 1.29 is 8.78 Å². The molecule has 1 aliphatic carbocycles. The van der Waals surface area contributed by atoms with Crippen LogP contribution in [0.2, 0.25) is 0 Å². The second-order valence-corrected chi connectivity index (χ2v) is 5.32. The number of alkyl halides is 2. The molecule has 1 nitrogen and oxygen atoms in total. The molecule has 1 fully saturated rings. The number of para-hydroxylation sites is 1. The van der Waals surface area contributed by atoms with Crippen LogP contribution in [0.4, 0.5) is 14.5 Å². The Hall–Kier alpha value is -0.770. The van der Waals surface area contributed by atoms with Crippen molar-refractivity contribution in [3.8, 4) is 0 Å². The molecule has 0 amide bonds. The number of benzene rings is 1. The first-order valence-corrected chi connectivity index (χ1v) is 6.33. The van der Waals surface area contributed by atoms with Gasteiger partial charge in [-0.3, -0.25) is 0 Å². The normalized spacial score (nSPS) is 24.2. The number of hydrogen-bond donors (Lipinski definition) is 1. The highest BCUT2D eigenvalue weighted by molar-refractivity contribution is 7.99. The maximum absolute atomic E-state index is 12.3. The van der Waals surface area contributed by atoms with Crippen molar-refractivity contribution in [1.29, 1.82) is 0 Å². The SMILES string of the molecule is CC1CC(Nc2ccccc2SC(F)F)C1. The molecule has 0 unspecified atom stereocenters. The lowest BCUT2D eigenvalue weighted by Gasteiger charge is -2.34. The smallest absolute Gasteiger partial charge is 0.288 e. The molecule has 0 spiro atoms. The first kappa shape index (κ1) is 11.7. The molecule has 1 aromatic carbocycles. The Kier molecular flexibility index (Phi) is 3.69. The maximum Gasteiger partial charge on any atom is 0.288 e. The van der Waals surface area contributed by atoms with Crippen LogP contribution in [0.3, 0.4) is 0 Å². The van der Waals surface area contributed by atoms with Crippen molar-refractivity contribution in [2.75, 3.05) is 5.32 Å². The number of anilines is 1. The van der Waals surface area contributed by atoms with E-state index in [0.29, 0.717) is 22.7 Å². The van der Waals surface area contributed by atoms with Crippen LogP contribution in [0.25, 0.3) is 0 Å². The molecule has 0 aromatic heterocycles. The first-order valence-electron chi connectivity index (χ1n) is 5.45. The van der Waals surface area contributed by atoms with Crippen LogP contribution in [0.1, 0.15) is 19.8 Å². The highest BCUT2D eigenvalue weighted by Gasteiger charge is 2.25. The van der Waals surface area contributed by atoms with Crippen LogP contribution in [0.15, 0.2) is 29.2 Å². The largest absolute Gasteiger partial charge is 0.381 e. The highest BCUT2D eigenvalue weighted by Crippen LogP contribution is 2.35. The van der Waals surface area contributed by atoms with E-state index in [1.807, 2.05) is 12.1 Å². The molecule has 1 N–H and O–H groups in total. The fourth-order valence-electron chi connectivity index (χ4n) is 2.02. The van der Waals surface area contributed by atoms with E-state index >= 15 is 0 Å². The van der Waals surface area contributed by atoms with E-state index in [1.165, 1.54) is 0 Å². The Bertz CT molecular complexity index is 351. The molecule has 0 atom stereocenters. The zero-order valence-corrected chi connectivity index (χ0v) is 9.94. The lowest BCUT2D eigenvalue weighted by Crippen LogP contribution is -2.33. The van der Waals surface area contributed by atoms with Gasteiger partial charge in [-0.05, 0) is 30.9 Å². The summed E-state index contributed by atoms with van der Waals surface area (Å²) in [6.45, 7) is 2.21. The molecular formula is C12H15F2NS. The van der Waals surface area contributed by atoms with Crippen LogP contribution in [0, 0.1) is 5.92 Å². The average molecular weight is 243 g/mol. The van der Waals surface area contributed by atoms with Crippen molar-refractivity contribution >= 4 is 17.4 Å². The van der Waals surface area contributed by atoms with Gasteiger partial charge < -0.3 is 5.32 Å². The lowest BCUT2D eigenvalue weighted by atomic mass is 9.82. The van der Waals surface area contributed by atoms with Gasteiger partial charge >= 0.3 is 0 Å². The first-order chi connectivity index (χ1) is 7.65. The van der Waals surface area contributed by atoms with Gasteiger partial charge in [0.2, 0.25) is 0 Å². The van der Waals surface area contributed by atoms with Gasteiger partial charge in [0, 0.05) is 16.6 Å². The van der Waals surface area contributed by atoms with E-state index in [-0.39, 0.29) is 0 Å². The third kappa shape index (κ3) is 2.88. The molecule has 0 saturated heterocycles. The number of thioether (sulfide) groups is 1. The summed E-state index contributed by atoms with van der Waals surface area (Å²) in [5.41, 5.74) is 0.838. The van der Waals surface area contributed by atoms with Crippen molar-refractivity contribution in [2.45, 2.75) is 36.5 Å². The molecule has 4 heteroatoms. The third-order valence-electron chi connectivity index (χ3n) is 2.84. The quantitative estimate of drug-likeness (QED) is 0.795. The summed E-state index contributed by atoms with van der Waals surface area (Å²) in [6.07, 6.45) is 2.27. The van der Waals surface area contributed by atoms with Crippen molar-refractivity contribution in [3.63, 3.8) is 0 Å². The molecule has 2 rings (SSSR count). The van der Waals surface area contributed by atoms with E-state index in [0.717, 1.165) is 24.4 Å². The summed E-state index contributed by atoms with van der Waals surface area (Å²) in [5.74, 6) is -1.60. The zero-order chi connectivity index (χ0) is 11.5. The second kappa shape index (κ2) is 5.04. The fraction of sp³-hybridized carbons (Fsp3) is 0.500. The molecule has 88 valence electrons. The number of halogens is 2. The van der Waals surface area contributed by atoms with Crippen LogP contribution in [-0.2, 0) is 0 Å². The van der Waals surface area contributed by atoms with Gasteiger partial charge in [-0.25, -0.2) is 0 Å². The number of rotatable bonds is 4. The molecule has 0 aliphatic heterocycles. The summed E-state index contributed by atoms with van der Waals surface area (Å²) >= 11 is 0.607. The molecular weight excluding hydrogens is 228 g/mol. The van der Waals surface area contributed by atoms with Crippen molar-refractivity contribution in [2.24, 2.45) is 5.92 Å². The van der Waals surface area contributed by atoms with Crippen LogP contribution >= 0.6 is 11.8 Å². The minimum atomic E-state index is -2.36. The Balaban J connectivity index is 2.01. The Morgan fingerprint density at radius 2 is 2.00 bits per heavy atom. The second-order valence-electron chi connectivity index (χ2n) is 4.29. The predicted octanol–water partition coefficient (Wildman–Crippen LogP) is 4.21.